The molecule has 8 nitrogen and oxygen atoms in total. The molecule has 4 atom stereocenters. The summed E-state index contributed by atoms with van der Waals surface area (Å²) in [5.41, 5.74) is 8.72. The Kier molecular flexibility index (Phi) is 5.69. The first kappa shape index (κ1) is 20.5. The summed E-state index contributed by atoms with van der Waals surface area (Å²) in [7, 11) is 0. The molecular weight excluding hydrogens is 394 g/mol. The Morgan fingerprint density at radius 3 is 2.74 bits per heavy atom. The molecule has 3 aliphatic rings. The van der Waals surface area contributed by atoms with Crippen molar-refractivity contribution in [2.24, 2.45) is 23.5 Å². The molecular formula is C23H29N5O3. The SMILES string of the molecule is NC1CC2CN(CC3CCOCC3)C(c3ccc(-c4cccc([N+](=O)[O-])c4)nn3)C2C1. The fraction of sp³-hybridized carbons (Fsp3) is 0.565. The van der Waals surface area contributed by atoms with Gasteiger partial charge in [0, 0.05) is 50.0 Å². The Morgan fingerprint density at radius 1 is 1.16 bits per heavy atom. The molecule has 3 fully saturated rings. The number of nitrogens with zero attached hydrogens (tertiary/aromatic N) is 4. The standard InChI is InChI=1S/C23H29N5O3/c24-18-10-17-14-27(13-15-6-8-31-9-7-15)23(20(17)12-18)22-5-4-21(25-26-22)16-2-1-3-19(11-16)28(29)30/h1-5,11,15,17-18,20,23H,6-10,12-14,24H2. The van der Waals surface area contributed by atoms with Crippen molar-refractivity contribution < 1.29 is 9.66 Å². The van der Waals surface area contributed by atoms with Crippen LogP contribution in [0.1, 0.15) is 37.4 Å². The normalized spacial score (nSPS) is 29.2. The Bertz CT molecular complexity index is 931. The van der Waals surface area contributed by atoms with Crippen LogP contribution in [0, 0.1) is 27.9 Å². The van der Waals surface area contributed by atoms with E-state index in [0.29, 0.717) is 29.0 Å². The molecule has 0 bridgehead atoms. The topological polar surface area (TPSA) is 107 Å². The Hall–Kier alpha value is -2.42. The minimum atomic E-state index is -0.387. The van der Waals surface area contributed by atoms with Gasteiger partial charge in [-0.2, -0.15) is 10.2 Å². The number of hydrogen-bond acceptors (Lipinski definition) is 7. The number of likely N-dealkylation sites (tertiary alicyclic amines) is 1. The molecule has 2 aromatic rings. The smallest absolute Gasteiger partial charge is 0.270 e. The summed E-state index contributed by atoms with van der Waals surface area (Å²) >= 11 is 0. The highest BCUT2D eigenvalue weighted by Gasteiger charge is 2.48. The average molecular weight is 424 g/mol. The van der Waals surface area contributed by atoms with Crippen LogP contribution < -0.4 is 5.73 Å². The second kappa shape index (κ2) is 8.61. The highest BCUT2D eigenvalue weighted by atomic mass is 16.6. The van der Waals surface area contributed by atoms with Gasteiger partial charge in [0.2, 0.25) is 0 Å². The third-order valence-electron chi connectivity index (χ3n) is 7.23. The van der Waals surface area contributed by atoms with E-state index in [2.05, 4.69) is 21.2 Å². The van der Waals surface area contributed by atoms with Crippen LogP contribution in [0.4, 0.5) is 5.69 Å². The Morgan fingerprint density at radius 2 is 2.00 bits per heavy atom. The van der Waals surface area contributed by atoms with Gasteiger partial charge in [0.1, 0.15) is 0 Å². The lowest BCUT2D eigenvalue weighted by molar-refractivity contribution is -0.384. The number of non-ortho nitro benzene ring substituents is 1. The molecule has 5 rings (SSSR count). The molecule has 1 aliphatic carbocycles. The molecule has 8 heteroatoms. The first-order valence-corrected chi connectivity index (χ1v) is 11.2. The number of nitrogens with two attached hydrogens (primary N) is 1. The number of nitro groups is 1. The highest BCUT2D eigenvalue weighted by molar-refractivity contribution is 5.61. The van der Waals surface area contributed by atoms with Crippen molar-refractivity contribution in [1.29, 1.82) is 0 Å². The van der Waals surface area contributed by atoms with Crippen molar-refractivity contribution >= 4 is 5.69 Å². The van der Waals surface area contributed by atoms with Gasteiger partial charge in [-0.1, -0.05) is 12.1 Å². The van der Waals surface area contributed by atoms with Crippen LogP contribution in [0.3, 0.4) is 0 Å². The molecule has 3 heterocycles. The molecule has 0 radical (unpaired) electrons. The van der Waals surface area contributed by atoms with Gasteiger partial charge in [-0.05, 0) is 55.6 Å². The van der Waals surface area contributed by atoms with Crippen LogP contribution >= 0.6 is 0 Å². The van der Waals surface area contributed by atoms with E-state index in [0.717, 1.165) is 57.7 Å². The lowest BCUT2D eigenvalue weighted by Gasteiger charge is -2.32. The first-order chi connectivity index (χ1) is 15.1. The van der Waals surface area contributed by atoms with Crippen LogP contribution in [0.15, 0.2) is 36.4 Å². The zero-order chi connectivity index (χ0) is 21.4. The van der Waals surface area contributed by atoms with Crippen molar-refractivity contribution in [3.8, 4) is 11.3 Å². The van der Waals surface area contributed by atoms with Gasteiger partial charge in [-0.25, -0.2) is 0 Å². The maximum absolute atomic E-state index is 11.1. The fourth-order valence-corrected chi connectivity index (χ4v) is 5.77. The highest BCUT2D eigenvalue weighted by Crippen LogP contribution is 2.49. The zero-order valence-corrected chi connectivity index (χ0v) is 17.6. The monoisotopic (exact) mass is 423 g/mol. The second-order valence-corrected chi connectivity index (χ2v) is 9.26. The summed E-state index contributed by atoms with van der Waals surface area (Å²) in [4.78, 5) is 13.3. The quantitative estimate of drug-likeness (QED) is 0.581. The minimum absolute atomic E-state index is 0.0598. The summed E-state index contributed by atoms with van der Waals surface area (Å²) in [6.07, 6.45) is 4.36. The molecule has 4 unspecified atom stereocenters. The van der Waals surface area contributed by atoms with E-state index in [4.69, 9.17) is 10.5 Å². The number of aromatic nitrogens is 2. The molecule has 0 spiro atoms. The predicted molar refractivity (Wildman–Crippen MR) is 116 cm³/mol. The number of hydrogen-bond donors (Lipinski definition) is 1. The summed E-state index contributed by atoms with van der Waals surface area (Å²) in [5, 5.41) is 20.2. The minimum Gasteiger partial charge on any atom is -0.381 e. The maximum Gasteiger partial charge on any atom is 0.270 e. The van der Waals surface area contributed by atoms with Crippen molar-refractivity contribution in [3.05, 3.63) is 52.2 Å². The third-order valence-corrected chi connectivity index (χ3v) is 7.23. The van der Waals surface area contributed by atoms with E-state index in [9.17, 15) is 10.1 Å². The number of rotatable bonds is 5. The number of nitro benzene ring substituents is 1. The van der Waals surface area contributed by atoms with Gasteiger partial charge >= 0.3 is 0 Å². The lowest BCUT2D eigenvalue weighted by atomic mass is 9.91. The molecule has 2 N–H and O–H groups in total. The van der Waals surface area contributed by atoms with Crippen LogP contribution in [0.25, 0.3) is 11.3 Å². The summed E-state index contributed by atoms with van der Waals surface area (Å²) in [6.45, 7) is 3.87. The fourth-order valence-electron chi connectivity index (χ4n) is 5.77. The summed E-state index contributed by atoms with van der Waals surface area (Å²) in [5.74, 6) is 1.81. The van der Waals surface area contributed by atoms with Gasteiger partial charge < -0.3 is 10.5 Å². The molecule has 2 aliphatic heterocycles. The predicted octanol–water partition coefficient (Wildman–Crippen LogP) is 3.19. The van der Waals surface area contributed by atoms with E-state index in [1.165, 1.54) is 6.07 Å². The van der Waals surface area contributed by atoms with Gasteiger partial charge in [0.15, 0.2) is 0 Å². The number of benzene rings is 1. The zero-order valence-electron chi connectivity index (χ0n) is 17.6. The molecule has 2 saturated heterocycles. The number of ether oxygens (including phenoxy) is 1. The molecule has 164 valence electrons. The van der Waals surface area contributed by atoms with E-state index >= 15 is 0 Å². The van der Waals surface area contributed by atoms with Crippen molar-refractivity contribution in [3.63, 3.8) is 0 Å². The van der Waals surface area contributed by atoms with Gasteiger partial charge in [0.05, 0.1) is 22.4 Å². The van der Waals surface area contributed by atoms with Crippen LogP contribution in [-0.4, -0.2) is 52.4 Å². The molecule has 31 heavy (non-hydrogen) atoms. The summed E-state index contributed by atoms with van der Waals surface area (Å²) < 4.78 is 5.54. The lowest BCUT2D eigenvalue weighted by Crippen LogP contribution is -2.35. The third kappa shape index (κ3) is 4.20. The van der Waals surface area contributed by atoms with E-state index in [1.54, 1.807) is 12.1 Å². The van der Waals surface area contributed by atoms with Crippen molar-refractivity contribution in [2.45, 2.75) is 37.8 Å². The molecule has 1 saturated carbocycles. The second-order valence-electron chi connectivity index (χ2n) is 9.26. The largest absolute Gasteiger partial charge is 0.381 e. The van der Waals surface area contributed by atoms with Gasteiger partial charge in [-0.15, -0.1) is 0 Å². The van der Waals surface area contributed by atoms with E-state index in [-0.39, 0.29) is 22.7 Å². The Balaban J connectivity index is 1.39. The maximum atomic E-state index is 11.1. The van der Waals surface area contributed by atoms with Crippen LogP contribution in [0.2, 0.25) is 0 Å². The van der Waals surface area contributed by atoms with Crippen LogP contribution in [0.5, 0.6) is 0 Å². The van der Waals surface area contributed by atoms with Gasteiger partial charge in [0.25, 0.3) is 5.69 Å². The molecule has 0 amide bonds. The first-order valence-electron chi connectivity index (χ1n) is 11.2. The summed E-state index contributed by atoms with van der Waals surface area (Å²) in [6, 6.07) is 11.1. The van der Waals surface area contributed by atoms with Crippen molar-refractivity contribution in [1.82, 2.24) is 15.1 Å². The van der Waals surface area contributed by atoms with E-state index < -0.39 is 0 Å². The molecule has 1 aromatic heterocycles. The Labute approximate surface area is 181 Å². The number of fused-ring (bicyclic) bond motifs is 1. The van der Waals surface area contributed by atoms with Crippen LogP contribution in [-0.2, 0) is 4.74 Å². The average Bonchev–Trinajstić information content (AvgIpc) is 3.30. The van der Waals surface area contributed by atoms with Crippen molar-refractivity contribution in [2.75, 3.05) is 26.3 Å². The van der Waals surface area contributed by atoms with E-state index in [1.807, 2.05) is 12.1 Å². The molecule has 1 aromatic carbocycles. The van der Waals surface area contributed by atoms with Gasteiger partial charge in [-0.3, -0.25) is 15.0 Å².